The second-order valence-corrected chi connectivity index (χ2v) is 11.9. The molecule has 2 aromatic carbocycles. The lowest BCUT2D eigenvalue weighted by atomic mass is 10.0. The summed E-state index contributed by atoms with van der Waals surface area (Å²) in [5, 5.41) is 20.6. The van der Waals surface area contributed by atoms with Crippen molar-refractivity contribution < 1.29 is 18.4 Å². The molecule has 2 aromatic heterocycles. The van der Waals surface area contributed by atoms with Gasteiger partial charge in [-0.2, -0.15) is 0 Å². The molecule has 0 aliphatic heterocycles. The zero-order chi connectivity index (χ0) is 28.2. The number of carbonyl (C=O) groups excluding carboxylic acids is 1. The number of hydrogen-bond donors (Lipinski definition) is 3. The lowest BCUT2D eigenvalue weighted by Gasteiger charge is -2.25. The van der Waals surface area contributed by atoms with Crippen molar-refractivity contribution >= 4 is 21.4 Å². The van der Waals surface area contributed by atoms with E-state index in [1.807, 2.05) is 61.8 Å². The minimum absolute atomic E-state index is 0.0235. The van der Waals surface area contributed by atoms with Gasteiger partial charge in [0.1, 0.15) is 5.69 Å². The molecule has 0 saturated heterocycles. The fraction of sp³-hybridized carbons (Fsp3) is 0.259. The van der Waals surface area contributed by atoms with Crippen molar-refractivity contribution in [1.29, 1.82) is 0 Å². The number of aromatic nitrogens is 4. The molecule has 0 fully saturated rings. The third-order valence-electron chi connectivity index (χ3n) is 6.87. The smallest absolute Gasteiger partial charge is 0.264 e. The van der Waals surface area contributed by atoms with Gasteiger partial charge in [-0.1, -0.05) is 41.6 Å². The maximum absolute atomic E-state index is 12.7. The third-order valence-corrected chi connectivity index (χ3v) is 8.89. The first-order valence-electron chi connectivity index (χ1n) is 12.2. The third kappa shape index (κ3) is 6.07. The van der Waals surface area contributed by atoms with Crippen molar-refractivity contribution in [3.8, 4) is 22.4 Å². The summed E-state index contributed by atoms with van der Waals surface area (Å²) >= 11 is 0. The predicted octanol–water partition coefficient (Wildman–Crippen LogP) is 2.56. The molecule has 1 amide bonds. The molecule has 12 heteroatoms. The number of rotatable bonds is 10. The molecule has 2 heterocycles. The van der Waals surface area contributed by atoms with Crippen LogP contribution in [0.4, 0.5) is 5.69 Å². The largest absolute Gasteiger partial charge is 0.388 e. The van der Waals surface area contributed by atoms with Crippen LogP contribution in [0, 0.1) is 0 Å². The average Bonchev–Trinajstić information content (AvgIpc) is 3.40. The van der Waals surface area contributed by atoms with Crippen LogP contribution in [-0.2, 0) is 27.7 Å². The summed E-state index contributed by atoms with van der Waals surface area (Å²) in [5.41, 5.74) is 6.33. The molecule has 0 aliphatic carbocycles. The number of nitrogens with one attached hydrogen (secondary N) is 2. The van der Waals surface area contributed by atoms with Gasteiger partial charge in [-0.3, -0.25) is 14.8 Å². The second-order valence-electron chi connectivity index (χ2n) is 9.47. The Kier molecular flexibility index (Phi) is 7.98. The molecule has 1 unspecified atom stereocenters. The van der Waals surface area contributed by atoms with Crippen molar-refractivity contribution in [1.82, 2.24) is 25.0 Å². The minimum Gasteiger partial charge on any atom is -0.388 e. The van der Waals surface area contributed by atoms with Crippen LogP contribution in [0.1, 0.15) is 18.9 Å². The van der Waals surface area contributed by atoms with Crippen LogP contribution in [0.25, 0.3) is 22.4 Å². The molecule has 4 aromatic rings. The summed E-state index contributed by atoms with van der Waals surface area (Å²) in [6.45, 7) is 1.79. The van der Waals surface area contributed by atoms with E-state index in [2.05, 4.69) is 15.6 Å². The topological polar surface area (TPSA) is 148 Å². The van der Waals surface area contributed by atoms with Crippen molar-refractivity contribution in [2.24, 2.45) is 0 Å². The van der Waals surface area contributed by atoms with Gasteiger partial charge in [0.15, 0.2) is 14.6 Å². The fourth-order valence-corrected chi connectivity index (χ4v) is 4.94. The molecule has 0 aliphatic rings. The summed E-state index contributed by atoms with van der Waals surface area (Å²) in [7, 11) is -1.98. The first-order chi connectivity index (χ1) is 18.5. The highest BCUT2D eigenvalue weighted by atomic mass is 32.2. The lowest BCUT2D eigenvalue weighted by molar-refractivity contribution is -0.131. The highest BCUT2D eigenvalue weighted by Gasteiger charge is 2.43. The summed E-state index contributed by atoms with van der Waals surface area (Å²) in [6, 6.07) is 18.9. The number of hydroxylamine groups is 1. The van der Waals surface area contributed by atoms with Gasteiger partial charge in [0.05, 0.1) is 12.7 Å². The maximum Gasteiger partial charge on any atom is 0.264 e. The highest BCUT2D eigenvalue weighted by Crippen LogP contribution is 2.24. The number of aryl methyl sites for hydroxylation is 1. The molecule has 39 heavy (non-hydrogen) atoms. The fourth-order valence-electron chi connectivity index (χ4n) is 4.10. The van der Waals surface area contributed by atoms with Crippen LogP contribution in [0.5, 0.6) is 0 Å². The van der Waals surface area contributed by atoms with Gasteiger partial charge in [-0.25, -0.2) is 18.6 Å². The molecule has 1 atom stereocenters. The Labute approximate surface area is 226 Å². The van der Waals surface area contributed by atoms with E-state index in [9.17, 15) is 18.0 Å². The highest BCUT2D eigenvalue weighted by molar-refractivity contribution is 7.92. The molecular formula is C27H30N6O5S. The predicted molar refractivity (Wildman–Crippen MR) is 148 cm³/mol. The Hall–Kier alpha value is -4.29. The van der Waals surface area contributed by atoms with Crippen LogP contribution >= 0.6 is 0 Å². The number of carbonyl (C=O) groups is 1. The summed E-state index contributed by atoms with van der Waals surface area (Å²) in [4.78, 5) is 24.8. The van der Waals surface area contributed by atoms with Crippen molar-refractivity contribution in [2.75, 3.05) is 18.6 Å². The van der Waals surface area contributed by atoms with E-state index in [-0.39, 0.29) is 18.5 Å². The van der Waals surface area contributed by atoms with E-state index in [1.165, 1.54) is 23.0 Å². The van der Waals surface area contributed by atoms with E-state index in [4.69, 9.17) is 5.21 Å². The SMILES string of the molecule is CNc1ccc(Cn2cc(-c3ccc(-c4ccn(CCC(C)(C(=O)NO)S(C)(=O)=O)c(=O)c4)cc3)nn2)cc1. The van der Waals surface area contributed by atoms with Gasteiger partial charge in [0.25, 0.3) is 11.5 Å². The van der Waals surface area contributed by atoms with Crippen LogP contribution in [-0.4, -0.2) is 57.1 Å². The molecule has 3 N–H and O–H groups in total. The van der Waals surface area contributed by atoms with E-state index >= 15 is 0 Å². The van der Waals surface area contributed by atoms with Gasteiger partial charge in [-0.05, 0) is 48.2 Å². The van der Waals surface area contributed by atoms with E-state index in [0.29, 0.717) is 12.1 Å². The molecule has 4 rings (SSSR count). The zero-order valence-corrected chi connectivity index (χ0v) is 22.6. The zero-order valence-electron chi connectivity index (χ0n) is 21.8. The van der Waals surface area contributed by atoms with Crippen LogP contribution in [0.3, 0.4) is 0 Å². The monoisotopic (exact) mass is 550 g/mol. The molecule has 0 radical (unpaired) electrons. The van der Waals surface area contributed by atoms with Gasteiger partial charge in [0, 0.05) is 43.4 Å². The Morgan fingerprint density at radius 2 is 1.69 bits per heavy atom. The molecule has 0 spiro atoms. The van der Waals surface area contributed by atoms with Crippen molar-refractivity contribution in [2.45, 2.75) is 31.2 Å². The molecule has 11 nitrogen and oxygen atoms in total. The van der Waals surface area contributed by atoms with Gasteiger partial charge < -0.3 is 9.88 Å². The Morgan fingerprint density at radius 1 is 1.03 bits per heavy atom. The maximum atomic E-state index is 12.7. The van der Waals surface area contributed by atoms with Gasteiger partial charge in [0.2, 0.25) is 0 Å². The number of benzene rings is 2. The average molecular weight is 551 g/mol. The standard InChI is InChI=1S/C27H30N6O5S/c1-27(26(35)30-36,39(3,37)38)13-15-32-14-12-22(16-25(32)34)20-6-8-21(9-7-20)24-18-33(31-29-24)17-19-4-10-23(28-2)11-5-19/h4-12,14,16,18,28,36H,13,15,17H2,1-3H3,(H,30,35). The Bertz CT molecular complexity index is 1630. The van der Waals surface area contributed by atoms with Crippen LogP contribution in [0.2, 0.25) is 0 Å². The van der Waals surface area contributed by atoms with E-state index in [1.54, 1.807) is 16.9 Å². The minimum atomic E-state index is -3.85. The van der Waals surface area contributed by atoms with E-state index in [0.717, 1.165) is 34.3 Å². The summed E-state index contributed by atoms with van der Waals surface area (Å²) in [6.07, 6.45) is 4.17. The van der Waals surface area contributed by atoms with Crippen LogP contribution < -0.4 is 16.4 Å². The Balaban J connectivity index is 1.45. The Morgan fingerprint density at radius 3 is 2.28 bits per heavy atom. The first-order valence-corrected chi connectivity index (χ1v) is 14.1. The number of nitrogens with zero attached hydrogens (tertiary/aromatic N) is 4. The van der Waals surface area contributed by atoms with Gasteiger partial charge in [-0.15, -0.1) is 5.10 Å². The number of sulfone groups is 1. The van der Waals surface area contributed by atoms with Crippen LogP contribution in [0.15, 0.2) is 77.9 Å². The number of pyridine rings is 1. The number of hydrogen-bond acceptors (Lipinski definition) is 8. The van der Waals surface area contributed by atoms with E-state index < -0.39 is 20.5 Å². The molecule has 0 bridgehead atoms. The quantitative estimate of drug-likeness (QED) is 0.202. The first kappa shape index (κ1) is 27.7. The van der Waals surface area contributed by atoms with Gasteiger partial charge >= 0.3 is 0 Å². The molecule has 204 valence electrons. The molecule has 0 saturated carbocycles. The summed E-state index contributed by atoms with van der Waals surface area (Å²) < 4.78 is 25.5. The normalized spacial score (nSPS) is 13.0. The van der Waals surface area contributed by atoms with Crippen molar-refractivity contribution in [3.63, 3.8) is 0 Å². The lowest BCUT2D eigenvalue weighted by Crippen LogP contribution is -2.49. The van der Waals surface area contributed by atoms with Crippen molar-refractivity contribution in [3.05, 3.63) is 89.0 Å². The number of anilines is 1. The molecular weight excluding hydrogens is 520 g/mol. The summed E-state index contributed by atoms with van der Waals surface area (Å²) in [5.74, 6) is -1.04. The second kappa shape index (κ2) is 11.2. The number of amides is 1.